The molecular formula is C26H28N4O6S2. The van der Waals surface area contributed by atoms with Crippen molar-refractivity contribution in [2.45, 2.75) is 24.4 Å². The molecule has 10 nitrogen and oxygen atoms in total. The first-order chi connectivity index (χ1) is 18.1. The molecule has 0 atom stereocenters. The van der Waals surface area contributed by atoms with Gasteiger partial charge in [-0.2, -0.15) is 0 Å². The number of hydrogen-bond acceptors (Lipinski definition) is 8. The molecule has 1 aliphatic heterocycles. The Labute approximate surface area is 225 Å². The molecule has 2 N–H and O–H groups in total. The topological polar surface area (TPSA) is 125 Å². The highest BCUT2D eigenvalue weighted by molar-refractivity contribution is 7.89. The van der Waals surface area contributed by atoms with Crippen molar-refractivity contribution in [1.82, 2.24) is 14.5 Å². The van der Waals surface area contributed by atoms with Crippen LogP contribution in [-0.2, 0) is 34.3 Å². The summed E-state index contributed by atoms with van der Waals surface area (Å²) in [6.07, 6.45) is -0.332. The largest absolute Gasteiger partial charge is 0.453 e. The summed E-state index contributed by atoms with van der Waals surface area (Å²) in [5.74, 6) is -1.17. The number of nitrogens with zero attached hydrogens (tertiary/aromatic N) is 2. The van der Waals surface area contributed by atoms with E-state index in [-0.39, 0.29) is 16.0 Å². The van der Waals surface area contributed by atoms with Gasteiger partial charge in [-0.25, -0.2) is 17.5 Å². The quantitative estimate of drug-likeness (QED) is 0.457. The minimum absolute atomic E-state index is 0.0577. The van der Waals surface area contributed by atoms with E-state index >= 15 is 0 Å². The third-order valence-corrected chi connectivity index (χ3v) is 9.10. The molecule has 2 heterocycles. The van der Waals surface area contributed by atoms with Gasteiger partial charge in [-0.1, -0.05) is 30.3 Å². The highest BCUT2D eigenvalue weighted by atomic mass is 32.2. The summed E-state index contributed by atoms with van der Waals surface area (Å²) >= 11 is 1.28. The average Bonchev–Trinajstić information content (AvgIpc) is 3.26. The number of amides is 3. The van der Waals surface area contributed by atoms with E-state index in [2.05, 4.69) is 32.4 Å². The second kappa shape index (κ2) is 11.4. The average molecular weight is 557 g/mol. The minimum Gasteiger partial charge on any atom is -0.453 e. The van der Waals surface area contributed by atoms with Crippen LogP contribution in [0.5, 0.6) is 0 Å². The number of nitrogens with one attached hydrogen (secondary N) is 2. The molecule has 0 unspecified atom stereocenters. The van der Waals surface area contributed by atoms with Crippen LogP contribution in [-0.4, -0.2) is 63.3 Å². The molecule has 2 aromatic carbocycles. The van der Waals surface area contributed by atoms with E-state index in [1.165, 1.54) is 55.3 Å². The van der Waals surface area contributed by atoms with E-state index in [4.69, 9.17) is 0 Å². The standard InChI is InChI=1S/C26H28N4O6S2/c1-29(2)38(34,35)19-11-9-18(10-12-19)23(31)27-25-22(24(32)28-26(33)36-3)20-13-14-30(16-21(20)37-25)15-17-7-5-4-6-8-17/h4-12H,13-16H2,1-3H3,(H,27,31)(H,28,32,33). The maximum absolute atomic E-state index is 13.1. The van der Waals surface area contributed by atoms with Crippen LogP contribution in [0.2, 0.25) is 0 Å². The zero-order valence-corrected chi connectivity index (χ0v) is 22.8. The highest BCUT2D eigenvalue weighted by Crippen LogP contribution is 2.38. The summed E-state index contributed by atoms with van der Waals surface area (Å²) in [6, 6.07) is 15.6. The Kier molecular flexibility index (Phi) is 8.26. The van der Waals surface area contributed by atoms with Crippen molar-refractivity contribution >= 4 is 44.3 Å². The number of hydrogen-bond donors (Lipinski definition) is 2. The first-order valence-corrected chi connectivity index (χ1v) is 14.0. The molecule has 0 saturated carbocycles. The Morgan fingerprint density at radius 1 is 1.03 bits per heavy atom. The van der Waals surface area contributed by atoms with Crippen LogP contribution in [0.4, 0.5) is 9.80 Å². The maximum atomic E-state index is 13.1. The Bertz CT molecular complexity index is 1450. The number of sulfonamides is 1. The van der Waals surface area contributed by atoms with Gasteiger partial charge in [0.15, 0.2) is 0 Å². The van der Waals surface area contributed by atoms with Crippen LogP contribution >= 0.6 is 11.3 Å². The molecule has 0 fully saturated rings. The first kappa shape index (κ1) is 27.5. The lowest BCUT2D eigenvalue weighted by molar-refractivity contribution is 0.0936. The third kappa shape index (κ3) is 5.94. The molecule has 0 saturated heterocycles. The van der Waals surface area contributed by atoms with Gasteiger partial charge in [0.05, 0.1) is 17.6 Å². The fraction of sp³-hybridized carbons (Fsp3) is 0.269. The number of thiophene rings is 1. The molecule has 4 rings (SSSR count). The lowest BCUT2D eigenvalue weighted by Gasteiger charge is -2.27. The summed E-state index contributed by atoms with van der Waals surface area (Å²) in [5.41, 5.74) is 2.40. The van der Waals surface area contributed by atoms with Gasteiger partial charge in [0.25, 0.3) is 11.8 Å². The Morgan fingerprint density at radius 3 is 2.34 bits per heavy atom. The highest BCUT2D eigenvalue weighted by Gasteiger charge is 2.30. The van der Waals surface area contributed by atoms with E-state index in [1.807, 2.05) is 18.2 Å². The zero-order valence-electron chi connectivity index (χ0n) is 21.2. The summed E-state index contributed by atoms with van der Waals surface area (Å²) in [7, 11) is 0.379. The Morgan fingerprint density at radius 2 is 1.71 bits per heavy atom. The van der Waals surface area contributed by atoms with Crippen LogP contribution in [0.1, 0.15) is 36.7 Å². The van der Waals surface area contributed by atoms with Gasteiger partial charge in [0.1, 0.15) is 5.00 Å². The fourth-order valence-electron chi connectivity index (χ4n) is 4.13. The number of carbonyl (C=O) groups is 3. The summed E-state index contributed by atoms with van der Waals surface area (Å²) in [5, 5.41) is 5.29. The molecule has 0 bridgehead atoms. The van der Waals surface area contributed by atoms with Gasteiger partial charge in [0.2, 0.25) is 10.0 Å². The van der Waals surface area contributed by atoms with Crippen molar-refractivity contribution in [2.75, 3.05) is 33.1 Å². The van der Waals surface area contributed by atoms with Crippen LogP contribution in [0.25, 0.3) is 0 Å². The van der Waals surface area contributed by atoms with Crippen LogP contribution in [0, 0.1) is 0 Å². The third-order valence-electron chi connectivity index (χ3n) is 6.14. The number of rotatable bonds is 7. The van der Waals surface area contributed by atoms with Gasteiger partial charge in [-0.3, -0.25) is 19.8 Å². The van der Waals surface area contributed by atoms with Gasteiger partial charge in [-0.15, -0.1) is 11.3 Å². The van der Waals surface area contributed by atoms with Gasteiger partial charge in [0, 0.05) is 44.2 Å². The van der Waals surface area contributed by atoms with E-state index in [0.29, 0.717) is 24.5 Å². The van der Waals surface area contributed by atoms with Crippen molar-refractivity contribution in [2.24, 2.45) is 0 Å². The molecule has 0 aliphatic carbocycles. The van der Waals surface area contributed by atoms with E-state index in [9.17, 15) is 22.8 Å². The Balaban J connectivity index is 1.60. The van der Waals surface area contributed by atoms with Crippen LogP contribution < -0.4 is 10.6 Å². The first-order valence-electron chi connectivity index (χ1n) is 11.7. The Hall–Kier alpha value is -3.58. The summed E-state index contributed by atoms with van der Waals surface area (Å²) in [4.78, 5) is 41.1. The second-order valence-electron chi connectivity index (χ2n) is 8.87. The smallest absolute Gasteiger partial charge is 0.413 e. The monoisotopic (exact) mass is 556 g/mol. The van der Waals surface area contributed by atoms with Gasteiger partial charge >= 0.3 is 6.09 Å². The number of methoxy groups -OCH3 is 1. The molecule has 3 aromatic rings. The molecule has 0 radical (unpaired) electrons. The van der Waals surface area contributed by atoms with Gasteiger partial charge in [-0.05, 0) is 41.8 Å². The molecule has 1 aliphatic rings. The van der Waals surface area contributed by atoms with Crippen molar-refractivity contribution < 1.29 is 27.5 Å². The van der Waals surface area contributed by atoms with Gasteiger partial charge < -0.3 is 10.1 Å². The van der Waals surface area contributed by atoms with Crippen LogP contribution in [0.15, 0.2) is 59.5 Å². The number of carbonyl (C=O) groups excluding carboxylic acids is 3. The number of fused-ring (bicyclic) bond motifs is 1. The van der Waals surface area contributed by atoms with Crippen molar-refractivity contribution in [1.29, 1.82) is 0 Å². The lowest BCUT2D eigenvalue weighted by Crippen LogP contribution is -2.33. The number of anilines is 1. The van der Waals surface area contributed by atoms with E-state index in [0.717, 1.165) is 28.4 Å². The van der Waals surface area contributed by atoms with E-state index < -0.39 is 27.9 Å². The number of imide groups is 1. The summed E-state index contributed by atoms with van der Waals surface area (Å²) in [6.45, 7) is 2.03. The minimum atomic E-state index is -3.64. The van der Waals surface area contributed by atoms with Crippen molar-refractivity contribution in [3.8, 4) is 0 Å². The molecule has 38 heavy (non-hydrogen) atoms. The van der Waals surface area contributed by atoms with E-state index in [1.54, 1.807) is 0 Å². The summed E-state index contributed by atoms with van der Waals surface area (Å²) < 4.78 is 30.3. The molecule has 3 amide bonds. The van der Waals surface area contributed by atoms with Crippen LogP contribution in [0.3, 0.4) is 0 Å². The molecule has 200 valence electrons. The normalized spacial score (nSPS) is 13.6. The number of ether oxygens (including phenoxy) is 1. The molecule has 0 spiro atoms. The second-order valence-corrected chi connectivity index (χ2v) is 12.1. The molecule has 1 aromatic heterocycles. The predicted octanol–water partition coefficient (Wildman–Crippen LogP) is 3.31. The zero-order chi connectivity index (χ0) is 27.4. The fourth-order valence-corrected chi connectivity index (χ4v) is 6.32. The predicted molar refractivity (Wildman–Crippen MR) is 144 cm³/mol. The number of benzene rings is 2. The maximum Gasteiger partial charge on any atom is 0.413 e. The molecule has 12 heteroatoms. The lowest BCUT2D eigenvalue weighted by atomic mass is 10.0. The van der Waals surface area contributed by atoms with Crippen molar-refractivity contribution in [3.63, 3.8) is 0 Å². The molecular weight excluding hydrogens is 528 g/mol. The SMILES string of the molecule is COC(=O)NC(=O)c1c(NC(=O)c2ccc(S(=O)(=O)N(C)C)cc2)sc2c1CCN(Cc1ccccc1)C2. The number of alkyl carbamates (subject to hydrolysis) is 1. The van der Waals surface area contributed by atoms with Crippen molar-refractivity contribution in [3.05, 3.63) is 81.7 Å².